The maximum atomic E-state index is 12.8. The van der Waals surface area contributed by atoms with Crippen LogP contribution in [0.2, 0.25) is 0 Å². The second-order valence-corrected chi connectivity index (χ2v) is 7.76. The minimum atomic E-state index is -0.790. The molecule has 1 saturated carbocycles. The van der Waals surface area contributed by atoms with Gasteiger partial charge in [0.05, 0.1) is 0 Å². The normalized spacial score (nSPS) is 27.5. The molecule has 25 heavy (non-hydrogen) atoms. The van der Waals surface area contributed by atoms with E-state index in [0.717, 1.165) is 37.0 Å². The average Bonchev–Trinajstić information content (AvgIpc) is 2.79. The Hall–Kier alpha value is -1.59. The number of imide groups is 1. The molecule has 4 amide bonds. The summed E-state index contributed by atoms with van der Waals surface area (Å²) in [5.41, 5.74) is -0.790. The van der Waals surface area contributed by atoms with Crippen LogP contribution in [0.1, 0.15) is 78.6 Å². The van der Waals surface area contributed by atoms with Crippen molar-refractivity contribution in [3.63, 3.8) is 0 Å². The van der Waals surface area contributed by atoms with Gasteiger partial charge in [-0.25, -0.2) is 4.79 Å². The van der Waals surface area contributed by atoms with E-state index >= 15 is 0 Å². The Morgan fingerprint density at radius 2 is 2.08 bits per heavy atom. The van der Waals surface area contributed by atoms with Gasteiger partial charge in [0.2, 0.25) is 5.91 Å². The second-order valence-electron chi connectivity index (χ2n) is 7.76. The van der Waals surface area contributed by atoms with E-state index < -0.39 is 11.6 Å². The quantitative estimate of drug-likeness (QED) is 0.521. The van der Waals surface area contributed by atoms with Gasteiger partial charge in [-0.15, -0.1) is 0 Å². The number of rotatable bonds is 8. The number of carbonyl (C=O) groups excluding carboxylic acids is 3. The first-order chi connectivity index (χ1) is 11.9. The first-order valence-corrected chi connectivity index (χ1v) is 9.84. The van der Waals surface area contributed by atoms with Gasteiger partial charge in [0, 0.05) is 6.04 Å². The Morgan fingerprint density at radius 1 is 1.32 bits per heavy atom. The molecule has 2 fully saturated rings. The van der Waals surface area contributed by atoms with Crippen molar-refractivity contribution in [1.29, 1.82) is 0 Å². The molecule has 1 saturated heterocycles. The van der Waals surface area contributed by atoms with Crippen LogP contribution in [-0.2, 0) is 9.59 Å². The fourth-order valence-corrected chi connectivity index (χ4v) is 4.05. The molecule has 142 valence electrons. The van der Waals surface area contributed by atoms with E-state index in [1.165, 1.54) is 19.3 Å². The first kappa shape index (κ1) is 19.7. The topological polar surface area (TPSA) is 78.5 Å². The predicted octanol–water partition coefficient (Wildman–Crippen LogP) is 2.96. The van der Waals surface area contributed by atoms with Crippen LogP contribution >= 0.6 is 0 Å². The molecule has 6 heteroatoms. The van der Waals surface area contributed by atoms with E-state index in [1.807, 2.05) is 13.8 Å². The fourth-order valence-electron chi connectivity index (χ4n) is 4.05. The van der Waals surface area contributed by atoms with E-state index in [1.54, 1.807) is 0 Å². The van der Waals surface area contributed by atoms with Gasteiger partial charge in [-0.2, -0.15) is 0 Å². The van der Waals surface area contributed by atoms with E-state index in [0.29, 0.717) is 6.42 Å². The van der Waals surface area contributed by atoms with Gasteiger partial charge in [0.1, 0.15) is 12.1 Å². The smallest absolute Gasteiger partial charge is 0.325 e. The number of unbranched alkanes of at least 4 members (excludes halogenated alkanes) is 3. The average molecular weight is 351 g/mol. The molecule has 2 rings (SSSR count). The fraction of sp³-hybridized carbons (Fsp3) is 0.842. The van der Waals surface area contributed by atoms with E-state index in [2.05, 4.69) is 17.6 Å². The summed E-state index contributed by atoms with van der Waals surface area (Å²) < 4.78 is 0. The molecule has 2 N–H and O–H groups in total. The van der Waals surface area contributed by atoms with Crippen LogP contribution in [0.4, 0.5) is 4.79 Å². The summed E-state index contributed by atoms with van der Waals surface area (Å²) in [6.07, 6.45) is 9.20. The zero-order valence-corrected chi connectivity index (χ0v) is 15.9. The molecule has 3 unspecified atom stereocenters. The molecule has 0 radical (unpaired) electrons. The van der Waals surface area contributed by atoms with Crippen molar-refractivity contribution in [3.05, 3.63) is 0 Å². The van der Waals surface area contributed by atoms with Crippen LogP contribution in [0, 0.1) is 5.92 Å². The molecule has 0 aromatic rings. The van der Waals surface area contributed by atoms with Crippen LogP contribution in [0.25, 0.3) is 0 Å². The minimum Gasteiger partial charge on any atom is -0.352 e. The number of carbonyl (C=O) groups is 3. The van der Waals surface area contributed by atoms with E-state index in [9.17, 15) is 14.4 Å². The molecule has 6 nitrogen and oxygen atoms in total. The highest BCUT2D eigenvalue weighted by molar-refractivity contribution is 6.09. The third kappa shape index (κ3) is 4.53. The molecule has 1 aliphatic carbocycles. The standard InChI is InChI=1S/C19H33N3O3/c1-4-5-6-7-11-15(3)20-16(23)13-22-17(24)19(21-18(22)25)12-9-8-10-14(19)2/h14-15H,4-13H2,1-3H3,(H,20,23)(H,21,25). The summed E-state index contributed by atoms with van der Waals surface area (Å²) in [7, 11) is 0. The van der Waals surface area contributed by atoms with Crippen molar-refractivity contribution in [3.8, 4) is 0 Å². The molecule has 0 aromatic carbocycles. The van der Waals surface area contributed by atoms with Crippen LogP contribution < -0.4 is 10.6 Å². The SMILES string of the molecule is CCCCCCC(C)NC(=O)CN1C(=O)NC2(CCCCC2C)C1=O. The maximum absolute atomic E-state index is 12.8. The molecular formula is C19H33N3O3. The van der Waals surface area contributed by atoms with Crippen molar-refractivity contribution in [1.82, 2.24) is 15.5 Å². The lowest BCUT2D eigenvalue weighted by molar-refractivity contribution is -0.137. The van der Waals surface area contributed by atoms with E-state index in [-0.39, 0.29) is 30.3 Å². The Morgan fingerprint density at radius 3 is 2.76 bits per heavy atom. The first-order valence-electron chi connectivity index (χ1n) is 9.84. The predicted molar refractivity (Wildman–Crippen MR) is 97.0 cm³/mol. The van der Waals surface area contributed by atoms with Crippen LogP contribution in [0.5, 0.6) is 0 Å². The van der Waals surface area contributed by atoms with Crippen molar-refractivity contribution in [2.24, 2.45) is 5.92 Å². The van der Waals surface area contributed by atoms with Gasteiger partial charge < -0.3 is 10.6 Å². The van der Waals surface area contributed by atoms with Crippen LogP contribution in [0.3, 0.4) is 0 Å². The van der Waals surface area contributed by atoms with Crippen LogP contribution in [-0.4, -0.2) is 40.9 Å². The Bertz CT molecular complexity index is 508. The zero-order chi connectivity index (χ0) is 18.4. The third-order valence-corrected chi connectivity index (χ3v) is 5.70. The molecule has 1 aliphatic heterocycles. The van der Waals surface area contributed by atoms with Gasteiger partial charge >= 0.3 is 6.03 Å². The molecule has 3 atom stereocenters. The highest BCUT2D eigenvalue weighted by atomic mass is 16.2. The van der Waals surface area contributed by atoms with Crippen LogP contribution in [0.15, 0.2) is 0 Å². The third-order valence-electron chi connectivity index (χ3n) is 5.70. The van der Waals surface area contributed by atoms with E-state index in [4.69, 9.17) is 0 Å². The van der Waals surface area contributed by atoms with Gasteiger partial charge in [-0.1, -0.05) is 52.4 Å². The number of amides is 4. The van der Waals surface area contributed by atoms with Gasteiger partial charge in [0.25, 0.3) is 5.91 Å². The Labute approximate surface area is 151 Å². The van der Waals surface area contributed by atoms with Crippen molar-refractivity contribution < 1.29 is 14.4 Å². The number of hydrogen-bond donors (Lipinski definition) is 2. The summed E-state index contributed by atoms with van der Waals surface area (Å²) in [5.74, 6) is -0.370. The van der Waals surface area contributed by atoms with Crippen molar-refractivity contribution in [2.45, 2.75) is 90.1 Å². The summed E-state index contributed by atoms with van der Waals surface area (Å²) in [6.45, 7) is 5.97. The molecule has 0 aromatic heterocycles. The summed E-state index contributed by atoms with van der Waals surface area (Å²) in [4.78, 5) is 38.5. The maximum Gasteiger partial charge on any atom is 0.325 e. The molecule has 0 bridgehead atoms. The minimum absolute atomic E-state index is 0.0627. The molecular weight excluding hydrogens is 318 g/mol. The number of nitrogens with zero attached hydrogens (tertiary/aromatic N) is 1. The van der Waals surface area contributed by atoms with Gasteiger partial charge in [0.15, 0.2) is 0 Å². The molecule has 1 heterocycles. The van der Waals surface area contributed by atoms with Gasteiger partial charge in [-0.3, -0.25) is 14.5 Å². The Balaban J connectivity index is 1.86. The lowest BCUT2D eigenvalue weighted by atomic mass is 9.73. The summed E-state index contributed by atoms with van der Waals surface area (Å²) >= 11 is 0. The zero-order valence-electron chi connectivity index (χ0n) is 15.9. The Kier molecular flexibility index (Phi) is 6.85. The monoisotopic (exact) mass is 351 g/mol. The second kappa shape index (κ2) is 8.68. The highest BCUT2D eigenvalue weighted by Gasteiger charge is 2.55. The number of urea groups is 1. The summed E-state index contributed by atoms with van der Waals surface area (Å²) in [5, 5.41) is 5.80. The summed E-state index contributed by atoms with van der Waals surface area (Å²) in [6, 6.07) is -0.364. The van der Waals surface area contributed by atoms with Crippen molar-refractivity contribution >= 4 is 17.8 Å². The lowest BCUT2D eigenvalue weighted by Gasteiger charge is -2.36. The lowest BCUT2D eigenvalue weighted by Crippen LogP contribution is -2.54. The molecule has 1 spiro atoms. The largest absolute Gasteiger partial charge is 0.352 e. The number of nitrogens with one attached hydrogen (secondary N) is 2. The van der Waals surface area contributed by atoms with Gasteiger partial charge in [-0.05, 0) is 32.1 Å². The highest BCUT2D eigenvalue weighted by Crippen LogP contribution is 2.38. The number of hydrogen-bond acceptors (Lipinski definition) is 3. The molecule has 2 aliphatic rings. The van der Waals surface area contributed by atoms with Crippen molar-refractivity contribution in [2.75, 3.05) is 6.54 Å².